The minimum absolute atomic E-state index is 0. The van der Waals surface area contributed by atoms with E-state index in [9.17, 15) is 19.2 Å². The van der Waals surface area contributed by atoms with Crippen molar-refractivity contribution in [3.8, 4) is 0 Å². The molecule has 0 heterocycles. The number of carbonyl (C=O) groups excluding carboxylic acids is 4. The van der Waals surface area contributed by atoms with Crippen molar-refractivity contribution >= 4 is 142 Å². The van der Waals surface area contributed by atoms with Gasteiger partial charge in [0.25, 0.3) is 0 Å². The van der Waals surface area contributed by atoms with Crippen LogP contribution >= 0.6 is 0 Å². The first kappa shape index (κ1) is 33.8. The summed E-state index contributed by atoms with van der Waals surface area (Å²) in [7, 11) is 0. The van der Waals surface area contributed by atoms with E-state index >= 15 is 0 Å². The third kappa shape index (κ3) is 20.2. The van der Waals surface area contributed by atoms with Gasteiger partial charge in [-0.05, 0) is 6.42 Å². The van der Waals surface area contributed by atoms with Gasteiger partial charge < -0.3 is 15.2 Å². The van der Waals surface area contributed by atoms with Crippen molar-refractivity contribution in [2.45, 2.75) is 32.7 Å². The Kier molecular flexibility index (Phi) is 32.6. The Morgan fingerprint density at radius 3 is 1.65 bits per heavy atom. The molecule has 0 aromatic rings. The van der Waals surface area contributed by atoms with E-state index in [0.717, 1.165) is 13.8 Å². The Morgan fingerprint density at radius 2 is 1.30 bits per heavy atom. The van der Waals surface area contributed by atoms with Crippen LogP contribution < -0.4 is 5.73 Å². The van der Waals surface area contributed by atoms with Gasteiger partial charge in [-0.1, -0.05) is 0 Å². The molecule has 0 saturated carbocycles. The molecule has 0 unspecified atom stereocenters. The van der Waals surface area contributed by atoms with Crippen LogP contribution in [0.25, 0.3) is 0 Å². The summed E-state index contributed by atoms with van der Waals surface area (Å²) in [6.45, 7) is 2.15. The molecule has 11 heteroatoms. The molecule has 0 spiro atoms. The van der Waals surface area contributed by atoms with Crippen molar-refractivity contribution < 1.29 is 28.7 Å². The Hall–Kier alpha value is 2.24. The van der Waals surface area contributed by atoms with Crippen molar-refractivity contribution in [3.05, 3.63) is 0 Å². The van der Waals surface area contributed by atoms with Gasteiger partial charge in [0, 0.05) is 20.3 Å². The predicted octanol–water partition coefficient (Wildman–Crippen LogP) is -3.32. The standard InChI is InChI=1S/C9H13NO6.4Na.4H/c1-5(11)15-8(13)4-3-7(10)9(14)16-6(2)12;;;;;;;;/h7H,3-4,10H2,1-2H3;;;;;;;;/t7-;;;;;;;;/m0......../s1. The van der Waals surface area contributed by atoms with Crippen LogP contribution in [-0.4, -0.2) is 148 Å². The minimum atomic E-state index is -1.09. The summed E-state index contributed by atoms with van der Waals surface area (Å²) in [6.07, 6.45) is -0.258. The number of nitrogens with two attached hydrogens (primary N) is 1. The van der Waals surface area contributed by atoms with Gasteiger partial charge in [-0.15, -0.1) is 0 Å². The molecule has 0 bridgehead atoms. The third-order valence-corrected chi connectivity index (χ3v) is 1.46. The van der Waals surface area contributed by atoms with Crippen LogP contribution in [0.5, 0.6) is 0 Å². The van der Waals surface area contributed by atoms with E-state index in [4.69, 9.17) is 5.73 Å². The Balaban J connectivity index is -0.000000187. The van der Waals surface area contributed by atoms with E-state index in [2.05, 4.69) is 9.47 Å². The second kappa shape index (κ2) is 19.3. The second-order valence-corrected chi connectivity index (χ2v) is 3.02. The van der Waals surface area contributed by atoms with Crippen LogP contribution in [0.3, 0.4) is 0 Å². The molecule has 0 aromatic carbocycles. The van der Waals surface area contributed by atoms with E-state index < -0.39 is 29.9 Å². The van der Waals surface area contributed by atoms with E-state index in [1.807, 2.05) is 0 Å². The normalized spacial score (nSPS) is 9.15. The molecular formula is C9H17NNa4O6. The number of esters is 4. The van der Waals surface area contributed by atoms with Crippen LogP contribution in [0, 0.1) is 0 Å². The molecule has 0 radical (unpaired) electrons. The van der Waals surface area contributed by atoms with Gasteiger partial charge in [-0.25, -0.2) is 4.79 Å². The number of ether oxygens (including phenoxy) is 2. The van der Waals surface area contributed by atoms with Crippen molar-refractivity contribution in [1.82, 2.24) is 0 Å². The monoisotopic (exact) mass is 327 g/mol. The van der Waals surface area contributed by atoms with Crippen molar-refractivity contribution in [1.29, 1.82) is 0 Å². The van der Waals surface area contributed by atoms with E-state index in [-0.39, 0.29) is 131 Å². The van der Waals surface area contributed by atoms with Gasteiger partial charge in [0.15, 0.2) is 0 Å². The molecule has 2 N–H and O–H groups in total. The van der Waals surface area contributed by atoms with E-state index in [1.165, 1.54) is 0 Å². The fourth-order valence-electron chi connectivity index (χ4n) is 0.820. The van der Waals surface area contributed by atoms with Gasteiger partial charge in [0.05, 0.1) is 0 Å². The predicted molar refractivity (Wildman–Crippen MR) is 79.4 cm³/mol. The number of rotatable bonds is 4. The zero-order chi connectivity index (χ0) is 12.7. The Morgan fingerprint density at radius 1 is 0.900 bits per heavy atom. The van der Waals surface area contributed by atoms with Gasteiger partial charge in [0.2, 0.25) is 0 Å². The quantitative estimate of drug-likeness (QED) is 0.327. The molecule has 0 saturated heterocycles. The Bertz CT molecular complexity index is 326. The maximum atomic E-state index is 11.0. The Labute approximate surface area is 206 Å². The zero-order valence-corrected chi connectivity index (χ0v) is 9.02. The fourth-order valence-corrected chi connectivity index (χ4v) is 0.820. The second-order valence-electron chi connectivity index (χ2n) is 3.02. The molecule has 20 heavy (non-hydrogen) atoms. The third-order valence-electron chi connectivity index (χ3n) is 1.46. The maximum absolute atomic E-state index is 11.0. The molecule has 0 aliphatic rings. The molecule has 0 aromatic heterocycles. The molecule has 0 amide bonds. The average molecular weight is 327 g/mol. The first-order valence-corrected chi connectivity index (χ1v) is 4.52. The number of carbonyl (C=O) groups is 4. The molecule has 0 fully saturated rings. The van der Waals surface area contributed by atoms with Crippen LogP contribution in [0.4, 0.5) is 0 Å². The van der Waals surface area contributed by atoms with Gasteiger partial charge in [0.1, 0.15) is 6.04 Å². The molecule has 0 aliphatic heterocycles. The van der Waals surface area contributed by atoms with Gasteiger partial charge in [-0.2, -0.15) is 0 Å². The SMILES string of the molecule is CC(=O)OC(=O)CC[C@H](N)C(=O)OC(C)=O.[NaH].[NaH].[NaH].[NaH]. The van der Waals surface area contributed by atoms with Gasteiger partial charge >= 0.3 is 142 Å². The molecular weight excluding hydrogens is 310 g/mol. The van der Waals surface area contributed by atoms with Crippen LogP contribution in [0.15, 0.2) is 0 Å². The van der Waals surface area contributed by atoms with Gasteiger partial charge in [-0.3, -0.25) is 14.4 Å². The summed E-state index contributed by atoms with van der Waals surface area (Å²) in [6, 6.07) is -1.09. The van der Waals surface area contributed by atoms with Crippen LogP contribution in [-0.2, 0) is 28.7 Å². The summed E-state index contributed by atoms with van der Waals surface area (Å²) in [5.41, 5.74) is 5.33. The number of hydrogen-bond donors (Lipinski definition) is 1. The van der Waals surface area contributed by atoms with Crippen LogP contribution in [0.1, 0.15) is 26.7 Å². The van der Waals surface area contributed by atoms with E-state index in [1.54, 1.807) is 0 Å². The summed E-state index contributed by atoms with van der Waals surface area (Å²) in [5.74, 6) is -3.20. The van der Waals surface area contributed by atoms with E-state index in [0.29, 0.717) is 0 Å². The topological polar surface area (TPSA) is 113 Å². The van der Waals surface area contributed by atoms with Crippen molar-refractivity contribution in [2.24, 2.45) is 5.73 Å². The average Bonchev–Trinajstić information content (AvgIpc) is 2.11. The summed E-state index contributed by atoms with van der Waals surface area (Å²) >= 11 is 0. The molecule has 7 nitrogen and oxygen atoms in total. The first-order chi connectivity index (χ1) is 7.32. The first-order valence-electron chi connectivity index (χ1n) is 4.52. The van der Waals surface area contributed by atoms with Crippen LogP contribution in [0.2, 0.25) is 0 Å². The summed E-state index contributed by atoms with van der Waals surface area (Å²) in [4.78, 5) is 42.7. The van der Waals surface area contributed by atoms with Crippen molar-refractivity contribution in [2.75, 3.05) is 0 Å². The summed E-state index contributed by atoms with van der Waals surface area (Å²) in [5, 5.41) is 0. The zero-order valence-electron chi connectivity index (χ0n) is 9.02. The molecule has 1 atom stereocenters. The van der Waals surface area contributed by atoms with Crippen molar-refractivity contribution in [3.63, 3.8) is 0 Å². The fraction of sp³-hybridized carbons (Fsp3) is 0.556. The summed E-state index contributed by atoms with van der Waals surface area (Å²) < 4.78 is 8.41. The number of hydrogen-bond acceptors (Lipinski definition) is 7. The molecule has 98 valence electrons. The molecule has 0 aliphatic carbocycles. The molecule has 0 rings (SSSR count).